The summed E-state index contributed by atoms with van der Waals surface area (Å²) in [6.07, 6.45) is 10.6. The molecule has 7 heteroatoms. The number of amides is 1. The lowest BCUT2D eigenvalue weighted by molar-refractivity contribution is 0.0816. The Balaban J connectivity index is 1.54. The lowest BCUT2D eigenvalue weighted by Gasteiger charge is -2.22. The molecule has 4 heterocycles. The van der Waals surface area contributed by atoms with E-state index in [0.29, 0.717) is 34.5 Å². The largest absolute Gasteiger partial charge is 0.336 e. The van der Waals surface area contributed by atoms with Crippen LogP contribution in [-0.4, -0.2) is 37.6 Å². The summed E-state index contributed by atoms with van der Waals surface area (Å²) in [5.41, 5.74) is 5.12. The predicted molar refractivity (Wildman–Crippen MR) is 116 cm³/mol. The molecule has 160 valence electrons. The van der Waals surface area contributed by atoms with Crippen molar-refractivity contribution in [1.82, 2.24) is 24.6 Å². The highest BCUT2D eigenvalue weighted by Gasteiger charge is 2.30. The van der Waals surface area contributed by atoms with Crippen molar-refractivity contribution >= 4 is 5.91 Å². The molecular formula is C24H26FN5O. The summed E-state index contributed by atoms with van der Waals surface area (Å²) < 4.78 is 15.4. The van der Waals surface area contributed by atoms with Gasteiger partial charge in [0.15, 0.2) is 0 Å². The molecule has 0 radical (unpaired) electrons. The van der Waals surface area contributed by atoms with Crippen molar-refractivity contribution in [2.24, 2.45) is 5.41 Å². The minimum Gasteiger partial charge on any atom is -0.336 e. The van der Waals surface area contributed by atoms with E-state index in [4.69, 9.17) is 0 Å². The fourth-order valence-corrected chi connectivity index (χ4v) is 4.83. The van der Waals surface area contributed by atoms with Gasteiger partial charge in [0, 0.05) is 42.7 Å². The third-order valence-electron chi connectivity index (χ3n) is 6.60. The SMILES string of the molecule is CN1Cc2ncc(-c3nc(CF)ccc3-c3cnn(CC4(C)CCCC4)c3)cc2C1=O. The van der Waals surface area contributed by atoms with Crippen LogP contribution in [0.3, 0.4) is 0 Å². The maximum absolute atomic E-state index is 13.4. The molecule has 2 aliphatic rings. The van der Waals surface area contributed by atoms with Crippen LogP contribution in [0.4, 0.5) is 4.39 Å². The topological polar surface area (TPSA) is 63.9 Å². The molecule has 0 spiro atoms. The summed E-state index contributed by atoms with van der Waals surface area (Å²) in [5.74, 6) is -0.0508. The van der Waals surface area contributed by atoms with Crippen molar-refractivity contribution in [3.8, 4) is 22.4 Å². The molecule has 5 rings (SSSR count). The molecule has 0 bridgehead atoms. The monoisotopic (exact) mass is 419 g/mol. The zero-order valence-electron chi connectivity index (χ0n) is 17.9. The van der Waals surface area contributed by atoms with Crippen molar-refractivity contribution in [2.45, 2.75) is 52.4 Å². The quantitative estimate of drug-likeness (QED) is 0.604. The number of hydrogen-bond donors (Lipinski definition) is 0. The van der Waals surface area contributed by atoms with Crippen LogP contribution in [0.1, 0.15) is 54.4 Å². The van der Waals surface area contributed by atoms with E-state index in [1.165, 1.54) is 25.7 Å². The number of carbonyl (C=O) groups is 1. The average Bonchev–Trinajstić information content (AvgIpc) is 3.48. The highest BCUT2D eigenvalue weighted by molar-refractivity contribution is 5.99. The molecule has 0 N–H and O–H groups in total. The fraction of sp³-hybridized carbons (Fsp3) is 0.417. The van der Waals surface area contributed by atoms with Gasteiger partial charge in [0.2, 0.25) is 0 Å². The zero-order valence-corrected chi connectivity index (χ0v) is 17.9. The smallest absolute Gasteiger partial charge is 0.255 e. The zero-order chi connectivity index (χ0) is 21.6. The van der Waals surface area contributed by atoms with E-state index in [0.717, 1.165) is 23.4 Å². The molecule has 6 nitrogen and oxygen atoms in total. The maximum atomic E-state index is 13.4. The molecule has 1 aliphatic heterocycles. The number of alkyl halides is 1. The van der Waals surface area contributed by atoms with Gasteiger partial charge in [-0.15, -0.1) is 0 Å². The average molecular weight is 420 g/mol. The Labute approximate surface area is 181 Å². The number of rotatable bonds is 5. The summed E-state index contributed by atoms with van der Waals surface area (Å²) in [6, 6.07) is 5.41. The lowest BCUT2D eigenvalue weighted by atomic mass is 9.89. The lowest BCUT2D eigenvalue weighted by Crippen LogP contribution is -2.19. The number of nitrogens with zero attached hydrogens (tertiary/aromatic N) is 5. The summed E-state index contributed by atoms with van der Waals surface area (Å²) in [4.78, 5) is 23.1. The second-order valence-electron chi connectivity index (χ2n) is 9.16. The third kappa shape index (κ3) is 3.62. The Morgan fingerprint density at radius 2 is 1.94 bits per heavy atom. The van der Waals surface area contributed by atoms with Crippen LogP contribution in [0.5, 0.6) is 0 Å². The van der Waals surface area contributed by atoms with Gasteiger partial charge in [-0.05, 0) is 30.4 Å². The van der Waals surface area contributed by atoms with Gasteiger partial charge >= 0.3 is 0 Å². The number of hydrogen-bond acceptors (Lipinski definition) is 4. The van der Waals surface area contributed by atoms with Gasteiger partial charge in [-0.3, -0.25) is 14.5 Å². The van der Waals surface area contributed by atoms with Crippen LogP contribution in [0.2, 0.25) is 0 Å². The first-order valence-electron chi connectivity index (χ1n) is 10.8. The molecule has 0 saturated heterocycles. The number of pyridine rings is 2. The fourth-order valence-electron chi connectivity index (χ4n) is 4.83. The molecule has 3 aromatic heterocycles. The highest BCUT2D eigenvalue weighted by atomic mass is 19.1. The number of carbonyl (C=O) groups excluding carboxylic acids is 1. The van der Waals surface area contributed by atoms with Crippen LogP contribution in [-0.2, 0) is 19.8 Å². The van der Waals surface area contributed by atoms with Gasteiger partial charge in [-0.2, -0.15) is 5.10 Å². The molecule has 1 fully saturated rings. The van der Waals surface area contributed by atoms with E-state index in [2.05, 4.69) is 22.0 Å². The molecule has 1 aliphatic carbocycles. The van der Waals surface area contributed by atoms with Crippen molar-refractivity contribution in [1.29, 1.82) is 0 Å². The van der Waals surface area contributed by atoms with Crippen LogP contribution in [0.15, 0.2) is 36.8 Å². The Morgan fingerprint density at radius 3 is 2.71 bits per heavy atom. The predicted octanol–water partition coefficient (Wildman–Crippen LogP) is 4.64. The molecule has 0 unspecified atom stereocenters. The molecule has 3 aromatic rings. The van der Waals surface area contributed by atoms with Crippen molar-refractivity contribution in [3.63, 3.8) is 0 Å². The number of aromatic nitrogens is 4. The van der Waals surface area contributed by atoms with E-state index >= 15 is 0 Å². The first-order valence-corrected chi connectivity index (χ1v) is 10.8. The van der Waals surface area contributed by atoms with Gasteiger partial charge in [0.25, 0.3) is 5.91 Å². The Bertz CT molecular complexity index is 1150. The van der Waals surface area contributed by atoms with Crippen LogP contribution in [0, 0.1) is 5.41 Å². The summed E-state index contributed by atoms with van der Waals surface area (Å²) >= 11 is 0. The van der Waals surface area contributed by atoms with Gasteiger partial charge in [-0.1, -0.05) is 25.8 Å². The molecule has 0 atom stereocenters. The second kappa shape index (κ2) is 7.55. The first-order chi connectivity index (χ1) is 15.0. The minimum absolute atomic E-state index is 0.0508. The Morgan fingerprint density at radius 1 is 1.13 bits per heavy atom. The van der Waals surface area contributed by atoms with E-state index < -0.39 is 6.67 Å². The minimum atomic E-state index is -0.648. The van der Waals surface area contributed by atoms with E-state index in [1.807, 2.05) is 29.2 Å². The van der Waals surface area contributed by atoms with E-state index in [-0.39, 0.29) is 5.91 Å². The van der Waals surface area contributed by atoms with Crippen molar-refractivity contribution in [3.05, 3.63) is 53.7 Å². The first kappa shape index (κ1) is 19.8. The maximum Gasteiger partial charge on any atom is 0.255 e. The van der Waals surface area contributed by atoms with Gasteiger partial charge in [0.1, 0.15) is 6.67 Å². The number of fused-ring (bicyclic) bond motifs is 1. The summed E-state index contributed by atoms with van der Waals surface area (Å²) in [6.45, 7) is 3.07. The molecule has 1 amide bonds. The Hall–Kier alpha value is -3.09. The summed E-state index contributed by atoms with van der Waals surface area (Å²) in [5, 5.41) is 4.60. The van der Waals surface area contributed by atoms with E-state index in [9.17, 15) is 9.18 Å². The van der Waals surface area contributed by atoms with Gasteiger partial charge in [-0.25, -0.2) is 9.37 Å². The van der Waals surface area contributed by atoms with Crippen LogP contribution in [0.25, 0.3) is 22.4 Å². The molecule has 31 heavy (non-hydrogen) atoms. The normalized spacial score (nSPS) is 17.4. The van der Waals surface area contributed by atoms with Crippen LogP contribution >= 0.6 is 0 Å². The standard InChI is InChI=1S/C24H26FN5O/c1-24(7-3-4-8-24)15-30-13-17(12-27-30)19-6-5-18(10-25)28-22(19)16-9-20-21(26-11-16)14-29(2)23(20)31/h5-6,9,11-13H,3-4,7-8,10,14-15H2,1-2H3. The Kier molecular flexibility index (Phi) is 4.84. The second-order valence-corrected chi connectivity index (χ2v) is 9.16. The van der Waals surface area contributed by atoms with Gasteiger partial charge < -0.3 is 4.90 Å². The van der Waals surface area contributed by atoms with E-state index in [1.54, 1.807) is 24.2 Å². The molecular weight excluding hydrogens is 393 g/mol. The molecule has 1 saturated carbocycles. The highest BCUT2D eigenvalue weighted by Crippen LogP contribution is 2.39. The molecule has 0 aromatic carbocycles. The van der Waals surface area contributed by atoms with Gasteiger partial charge in [0.05, 0.1) is 35.4 Å². The third-order valence-corrected chi connectivity index (χ3v) is 6.60. The van der Waals surface area contributed by atoms with Crippen molar-refractivity contribution in [2.75, 3.05) is 7.05 Å². The van der Waals surface area contributed by atoms with Crippen LogP contribution < -0.4 is 0 Å². The van der Waals surface area contributed by atoms with Crippen molar-refractivity contribution < 1.29 is 9.18 Å². The summed E-state index contributed by atoms with van der Waals surface area (Å²) in [7, 11) is 1.76. The number of halogens is 1.